The van der Waals surface area contributed by atoms with Gasteiger partial charge in [0.15, 0.2) is 5.25 Å². The lowest BCUT2D eigenvalue weighted by Crippen LogP contribution is -2.46. The highest BCUT2D eigenvalue weighted by atomic mass is 32.2. The quantitative estimate of drug-likeness (QED) is 0.489. The van der Waals surface area contributed by atoms with Crippen molar-refractivity contribution >= 4 is 33.2 Å². The van der Waals surface area contributed by atoms with Crippen LogP contribution >= 0.6 is 12.2 Å². The van der Waals surface area contributed by atoms with Crippen LogP contribution in [0.1, 0.15) is 13.8 Å². The largest absolute Gasteiger partial charge is 0.468 e. The molecule has 0 saturated heterocycles. The first kappa shape index (κ1) is 14.3. The minimum Gasteiger partial charge on any atom is -0.468 e. The van der Waals surface area contributed by atoms with E-state index in [1.165, 1.54) is 13.8 Å². The summed E-state index contributed by atoms with van der Waals surface area (Å²) < 4.78 is 29.5. The summed E-state index contributed by atoms with van der Waals surface area (Å²) in [4.78, 5) is 11.0. The topological polar surface area (TPSA) is 98.5 Å². The van der Waals surface area contributed by atoms with E-state index in [-0.39, 0.29) is 4.99 Å². The Labute approximate surface area is 94.2 Å². The molecule has 15 heavy (non-hydrogen) atoms. The van der Waals surface area contributed by atoms with Gasteiger partial charge in [0.25, 0.3) is 0 Å². The predicted molar refractivity (Wildman–Crippen MR) is 59.8 cm³/mol. The minimum absolute atomic E-state index is 0.00985. The molecule has 0 aromatic rings. The number of esters is 1. The molecule has 0 radical (unpaired) electrons. The number of thiocarbonyl (C=S) groups is 1. The average Bonchev–Trinajstić information content (AvgIpc) is 2.14. The smallest absolute Gasteiger partial charge is 0.325 e. The van der Waals surface area contributed by atoms with E-state index < -0.39 is 27.3 Å². The van der Waals surface area contributed by atoms with E-state index in [1.807, 2.05) is 0 Å². The van der Waals surface area contributed by atoms with Gasteiger partial charge in [-0.2, -0.15) is 0 Å². The Morgan fingerprint density at radius 1 is 1.47 bits per heavy atom. The Hall–Kier alpha value is -0.730. The standard InChI is InChI=1S/C7H14N2O4S2/c1-4(6(8)14)9-15(11,12)5(2)7(10)13-3/h4-5,9H,1-3H3,(H2,8,14). The van der Waals surface area contributed by atoms with E-state index in [0.717, 1.165) is 7.11 Å². The normalized spacial score (nSPS) is 15.4. The first-order valence-electron chi connectivity index (χ1n) is 4.10. The molecule has 0 aromatic carbocycles. The molecule has 88 valence electrons. The summed E-state index contributed by atoms with van der Waals surface area (Å²) >= 11 is 4.60. The van der Waals surface area contributed by atoms with Gasteiger partial charge in [0, 0.05) is 0 Å². The van der Waals surface area contributed by atoms with Crippen molar-refractivity contribution < 1.29 is 17.9 Å². The van der Waals surface area contributed by atoms with Crippen LogP contribution in [-0.2, 0) is 19.6 Å². The van der Waals surface area contributed by atoms with Crippen LogP contribution in [0.25, 0.3) is 0 Å². The van der Waals surface area contributed by atoms with Crippen LogP contribution in [0.4, 0.5) is 0 Å². The fourth-order valence-corrected chi connectivity index (χ4v) is 2.01. The number of nitrogens with one attached hydrogen (secondary N) is 1. The number of carbonyl (C=O) groups is 1. The maximum atomic E-state index is 11.5. The van der Waals surface area contributed by atoms with Crippen LogP contribution in [0, 0.1) is 0 Å². The Morgan fingerprint density at radius 3 is 2.27 bits per heavy atom. The van der Waals surface area contributed by atoms with Gasteiger partial charge in [-0.25, -0.2) is 13.1 Å². The number of ether oxygens (including phenoxy) is 1. The molecule has 0 saturated carbocycles. The first-order chi connectivity index (χ1) is 6.72. The Kier molecular flexibility index (Phi) is 5.12. The third-order valence-corrected chi connectivity index (χ3v) is 3.93. The average molecular weight is 254 g/mol. The summed E-state index contributed by atoms with van der Waals surface area (Å²) in [7, 11) is -2.69. The Morgan fingerprint density at radius 2 is 1.93 bits per heavy atom. The molecule has 0 spiro atoms. The van der Waals surface area contributed by atoms with Gasteiger partial charge >= 0.3 is 5.97 Å². The van der Waals surface area contributed by atoms with Gasteiger partial charge < -0.3 is 10.5 Å². The number of hydrogen-bond acceptors (Lipinski definition) is 5. The zero-order valence-corrected chi connectivity index (χ0v) is 10.3. The number of carbonyl (C=O) groups excluding carboxylic acids is 1. The summed E-state index contributed by atoms with van der Waals surface area (Å²) in [6.07, 6.45) is 0. The monoisotopic (exact) mass is 254 g/mol. The summed E-state index contributed by atoms with van der Waals surface area (Å²) in [5.74, 6) is -0.836. The van der Waals surface area contributed by atoms with Gasteiger partial charge in [-0.1, -0.05) is 12.2 Å². The molecule has 3 N–H and O–H groups in total. The first-order valence-corrected chi connectivity index (χ1v) is 6.06. The molecular formula is C7H14N2O4S2. The number of nitrogens with two attached hydrogens (primary N) is 1. The molecule has 0 aliphatic carbocycles. The van der Waals surface area contributed by atoms with E-state index in [4.69, 9.17) is 5.73 Å². The molecule has 0 heterocycles. The van der Waals surface area contributed by atoms with Crippen LogP contribution in [0.15, 0.2) is 0 Å². The molecule has 2 atom stereocenters. The van der Waals surface area contributed by atoms with Crippen LogP contribution < -0.4 is 10.5 Å². The highest BCUT2D eigenvalue weighted by molar-refractivity contribution is 7.91. The highest BCUT2D eigenvalue weighted by Crippen LogP contribution is 2.02. The molecule has 0 rings (SSSR count). The molecule has 2 unspecified atom stereocenters. The van der Waals surface area contributed by atoms with Gasteiger partial charge in [0.2, 0.25) is 10.0 Å². The highest BCUT2D eigenvalue weighted by Gasteiger charge is 2.30. The second-order valence-electron chi connectivity index (χ2n) is 2.95. The fourth-order valence-electron chi connectivity index (χ4n) is 0.699. The van der Waals surface area contributed by atoms with Crippen LogP contribution in [0.3, 0.4) is 0 Å². The molecule has 0 amide bonds. The van der Waals surface area contributed by atoms with Gasteiger partial charge in [0.1, 0.15) is 0 Å². The maximum absolute atomic E-state index is 11.5. The van der Waals surface area contributed by atoms with Crippen molar-refractivity contribution in [2.45, 2.75) is 25.1 Å². The SMILES string of the molecule is COC(=O)C(C)S(=O)(=O)NC(C)C(N)=S. The lowest BCUT2D eigenvalue weighted by molar-refractivity contribution is -0.139. The van der Waals surface area contributed by atoms with E-state index >= 15 is 0 Å². The number of methoxy groups -OCH3 is 1. The zero-order valence-electron chi connectivity index (χ0n) is 8.68. The molecule has 0 aliphatic rings. The molecule has 0 aliphatic heterocycles. The molecular weight excluding hydrogens is 240 g/mol. The van der Waals surface area contributed by atoms with Gasteiger partial charge in [-0.3, -0.25) is 4.79 Å². The third-order valence-electron chi connectivity index (χ3n) is 1.77. The maximum Gasteiger partial charge on any atom is 0.325 e. The predicted octanol–water partition coefficient (Wildman–Crippen LogP) is -0.858. The molecule has 0 aromatic heterocycles. The van der Waals surface area contributed by atoms with Crippen molar-refractivity contribution in [1.82, 2.24) is 4.72 Å². The fraction of sp³-hybridized carbons (Fsp3) is 0.714. The van der Waals surface area contributed by atoms with Crippen molar-refractivity contribution in [2.75, 3.05) is 7.11 Å². The molecule has 0 fully saturated rings. The van der Waals surface area contributed by atoms with Gasteiger partial charge in [0.05, 0.1) is 18.1 Å². The minimum atomic E-state index is -3.81. The zero-order chi connectivity index (χ0) is 12.2. The number of rotatable bonds is 5. The third kappa shape index (κ3) is 4.10. The molecule has 8 heteroatoms. The van der Waals surface area contributed by atoms with Crippen molar-refractivity contribution in [1.29, 1.82) is 0 Å². The van der Waals surface area contributed by atoms with Crippen LogP contribution in [0.2, 0.25) is 0 Å². The van der Waals surface area contributed by atoms with E-state index in [9.17, 15) is 13.2 Å². The second-order valence-corrected chi connectivity index (χ2v) is 5.46. The summed E-state index contributed by atoms with van der Waals surface area (Å²) in [6.45, 7) is 2.71. The molecule has 6 nitrogen and oxygen atoms in total. The lowest BCUT2D eigenvalue weighted by atomic mass is 10.4. The lowest BCUT2D eigenvalue weighted by Gasteiger charge is -2.15. The Balaban J connectivity index is 4.70. The van der Waals surface area contributed by atoms with E-state index in [2.05, 4.69) is 21.7 Å². The second kappa shape index (κ2) is 5.38. The molecule has 0 bridgehead atoms. The number of sulfonamides is 1. The van der Waals surface area contributed by atoms with Gasteiger partial charge in [-0.15, -0.1) is 0 Å². The van der Waals surface area contributed by atoms with E-state index in [0.29, 0.717) is 0 Å². The van der Waals surface area contributed by atoms with Crippen LogP contribution in [-0.4, -0.2) is 37.8 Å². The van der Waals surface area contributed by atoms with Crippen molar-refractivity contribution in [2.24, 2.45) is 5.73 Å². The van der Waals surface area contributed by atoms with Crippen molar-refractivity contribution in [3.05, 3.63) is 0 Å². The number of hydrogen-bond donors (Lipinski definition) is 2. The summed E-state index contributed by atoms with van der Waals surface area (Å²) in [5, 5.41) is -1.29. The van der Waals surface area contributed by atoms with Crippen molar-refractivity contribution in [3.8, 4) is 0 Å². The van der Waals surface area contributed by atoms with E-state index in [1.54, 1.807) is 0 Å². The van der Waals surface area contributed by atoms with Gasteiger partial charge in [-0.05, 0) is 13.8 Å². The van der Waals surface area contributed by atoms with Crippen molar-refractivity contribution in [3.63, 3.8) is 0 Å². The summed E-state index contributed by atoms with van der Waals surface area (Å²) in [5.41, 5.74) is 5.24. The summed E-state index contributed by atoms with van der Waals surface area (Å²) in [6, 6.07) is -0.697. The Bertz CT molecular complexity index is 352. The van der Waals surface area contributed by atoms with Crippen LogP contribution in [0.5, 0.6) is 0 Å².